The average molecular weight is 672 g/mol. The van der Waals surface area contributed by atoms with Gasteiger partial charge in [-0.05, 0) is 84.9 Å². The highest BCUT2D eigenvalue weighted by molar-refractivity contribution is 5.92. The van der Waals surface area contributed by atoms with E-state index in [9.17, 15) is 5.11 Å². The molecule has 2 aromatic carbocycles. The van der Waals surface area contributed by atoms with Gasteiger partial charge in [-0.15, -0.1) is 0 Å². The number of morpholine rings is 1. The molecule has 9 rings (SSSR count). The van der Waals surface area contributed by atoms with Gasteiger partial charge in [0, 0.05) is 73.0 Å². The smallest absolute Gasteiger partial charge is 0.319 e. The first-order valence-corrected chi connectivity index (χ1v) is 18.4. The van der Waals surface area contributed by atoms with Gasteiger partial charge in [0.2, 0.25) is 0 Å². The van der Waals surface area contributed by atoms with Crippen molar-refractivity contribution in [3.8, 4) is 6.01 Å². The Morgan fingerprint density at radius 3 is 2.57 bits per heavy atom. The summed E-state index contributed by atoms with van der Waals surface area (Å²) in [6.07, 6.45) is 8.24. The second-order valence-corrected chi connectivity index (χ2v) is 16.0. The van der Waals surface area contributed by atoms with Crippen LogP contribution in [0.5, 0.6) is 6.01 Å². The van der Waals surface area contributed by atoms with E-state index in [-0.39, 0.29) is 40.9 Å². The van der Waals surface area contributed by atoms with Gasteiger partial charge in [0.1, 0.15) is 17.2 Å². The van der Waals surface area contributed by atoms with Crippen LogP contribution in [-0.4, -0.2) is 83.6 Å². The molecule has 6 aliphatic rings. The predicted molar refractivity (Wildman–Crippen MR) is 185 cm³/mol. The molecule has 4 saturated heterocycles. The lowest BCUT2D eigenvalue weighted by molar-refractivity contribution is 0.0176. The molecule has 0 amide bonds. The Bertz CT molecular complexity index is 1830. The van der Waals surface area contributed by atoms with E-state index in [0.717, 1.165) is 87.4 Å². The van der Waals surface area contributed by atoms with Gasteiger partial charge < -0.3 is 24.8 Å². The fourth-order valence-electron chi connectivity index (χ4n) is 9.53. The minimum atomic E-state index is -0.556. The summed E-state index contributed by atoms with van der Waals surface area (Å²) in [5.41, 5.74) is 3.65. The molecule has 1 saturated carbocycles. The van der Waals surface area contributed by atoms with E-state index in [1.165, 1.54) is 6.07 Å². The Balaban J connectivity index is 1.15. The number of aliphatic hydroxyl groups excluding tert-OH is 1. The van der Waals surface area contributed by atoms with Gasteiger partial charge in [0.25, 0.3) is 0 Å². The van der Waals surface area contributed by atoms with Crippen molar-refractivity contribution >= 4 is 22.8 Å². The van der Waals surface area contributed by atoms with E-state index >= 15 is 8.78 Å². The zero-order valence-corrected chi connectivity index (χ0v) is 28.8. The summed E-state index contributed by atoms with van der Waals surface area (Å²) in [7, 11) is 0. The van der Waals surface area contributed by atoms with Gasteiger partial charge in [-0.3, -0.25) is 4.90 Å². The second-order valence-electron chi connectivity index (χ2n) is 16.0. The number of allylic oxidation sites excluding steroid dienone is 1. The number of nitrogens with zero attached hydrogens (tertiary/aromatic N) is 4. The molecule has 0 radical (unpaired) electrons. The molecule has 5 atom stereocenters. The van der Waals surface area contributed by atoms with Crippen molar-refractivity contribution in [1.29, 1.82) is 0 Å². The van der Waals surface area contributed by atoms with Crippen LogP contribution in [0.25, 0.3) is 17.0 Å². The van der Waals surface area contributed by atoms with E-state index in [1.807, 2.05) is 6.92 Å². The number of nitrogens with one attached hydrogen (secondary N) is 1. The third-order valence-corrected chi connectivity index (χ3v) is 12.2. The summed E-state index contributed by atoms with van der Waals surface area (Å²) < 4.78 is 45.2. The van der Waals surface area contributed by atoms with Crippen LogP contribution < -0.4 is 15.0 Å². The first-order valence-electron chi connectivity index (χ1n) is 18.4. The number of fused-ring (bicyclic) bond motifs is 6. The Kier molecular flexibility index (Phi) is 7.67. The van der Waals surface area contributed by atoms with Gasteiger partial charge in [-0.1, -0.05) is 26.8 Å². The number of anilines is 1. The highest BCUT2D eigenvalue weighted by atomic mass is 19.1. The molecular weight excluding hydrogens is 624 g/mol. The number of hydrogen-bond acceptors (Lipinski definition) is 8. The minimum absolute atomic E-state index is 0.0343. The number of aliphatic hydroxyl groups is 1. The average Bonchev–Trinajstić information content (AvgIpc) is 3.34. The van der Waals surface area contributed by atoms with Crippen LogP contribution >= 0.6 is 0 Å². The lowest BCUT2D eigenvalue weighted by Gasteiger charge is -2.35. The van der Waals surface area contributed by atoms with Crippen LogP contribution in [0.2, 0.25) is 0 Å². The lowest BCUT2D eigenvalue weighted by atomic mass is 9.75. The van der Waals surface area contributed by atoms with Gasteiger partial charge in [-0.2, -0.15) is 9.97 Å². The number of halogens is 2. The Labute approximate surface area is 286 Å². The molecule has 0 spiro atoms. The van der Waals surface area contributed by atoms with Crippen molar-refractivity contribution in [2.75, 3.05) is 44.3 Å². The van der Waals surface area contributed by atoms with E-state index in [1.54, 1.807) is 12.1 Å². The van der Waals surface area contributed by atoms with Crippen molar-refractivity contribution in [3.05, 3.63) is 63.4 Å². The zero-order valence-electron chi connectivity index (χ0n) is 28.8. The molecule has 3 unspecified atom stereocenters. The van der Waals surface area contributed by atoms with Gasteiger partial charge in [-0.25, -0.2) is 8.78 Å². The van der Waals surface area contributed by atoms with Crippen molar-refractivity contribution in [1.82, 2.24) is 20.2 Å². The van der Waals surface area contributed by atoms with Crippen molar-refractivity contribution in [3.63, 3.8) is 0 Å². The number of ether oxygens (including phenoxy) is 2. The molecule has 1 aromatic heterocycles. The second kappa shape index (κ2) is 11.9. The first kappa shape index (κ1) is 31.6. The molecule has 3 aromatic rings. The molecule has 2 aliphatic carbocycles. The molecule has 5 heterocycles. The van der Waals surface area contributed by atoms with Crippen molar-refractivity contribution in [2.24, 2.45) is 5.41 Å². The summed E-state index contributed by atoms with van der Waals surface area (Å²) in [4.78, 5) is 14.8. The molecule has 10 heteroatoms. The summed E-state index contributed by atoms with van der Waals surface area (Å²) in [5, 5.41) is 15.3. The molecule has 5 fully saturated rings. The Morgan fingerprint density at radius 2 is 1.90 bits per heavy atom. The largest absolute Gasteiger partial charge is 0.512 e. The molecule has 8 nitrogen and oxygen atoms in total. The van der Waals surface area contributed by atoms with Crippen LogP contribution in [0.3, 0.4) is 0 Å². The van der Waals surface area contributed by atoms with Crippen LogP contribution in [0.15, 0.2) is 24.0 Å². The van der Waals surface area contributed by atoms with Crippen LogP contribution in [0, 0.1) is 17.0 Å². The molecule has 260 valence electrons. The fraction of sp³-hybridized carbons (Fsp3) is 0.590. The zero-order chi connectivity index (χ0) is 33.6. The molecule has 49 heavy (non-hydrogen) atoms. The topological polar surface area (TPSA) is 83.0 Å². The summed E-state index contributed by atoms with van der Waals surface area (Å²) in [6, 6.07) is 6.65. The van der Waals surface area contributed by atoms with E-state index in [0.29, 0.717) is 53.8 Å². The Hall–Kier alpha value is -3.34. The monoisotopic (exact) mass is 671 g/mol. The molecule has 2 N–H and O–H groups in total. The van der Waals surface area contributed by atoms with Crippen LogP contribution in [0.4, 0.5) is 14.6 Å². The summed E-state index contributed by atoms with van der Waals surface area (Å²) in [6.45, 7) is 10.9. The molecular formula is C39H47F2N5O3. The highest BCUT2D eigenvalue weighted by Gasteiger charge is 2.49. The first-order chi connectivity index (χ1) is 23.7. The number of likely N-dealkylation sites (tertiary alicyclic amines) is 1. The molecule has 4 bridgehead atoms. The molecule has 4 aliphatic heterocycles. The predicted octanol–water partition coefficient (Wildman–Crippen LogP) is 6.60. The Morgan fingerprint density at radius 1 is 1.10 bits per heavy atom. The van der Waals surface area contributed by atoms with Crippen LogP contribution in [-0.2, 0) is 11.2 Å². The lowest BCUT2D eigenvalue weighted by Crippen LogP contribution is -2.51. The highest BCUT2D eigenvalue weighted by Crippen LogP contribution is 2.49. The standard InChI is InChI=1S/C39H47F2N5O3/c1-4-28-32(40)8-5-22-11-26(47)13-30(33(22)28)34-29(21(2)3)14-31-36(35(34)41)43-38(44-37(31)45-15-23-6-7-24(16-45)42-23)49-20-39(9-10-39)19-46-17-27-12-25(46)18-48-27/h5,8,11,14,21,23-25,27,30,42,47H,4,6-7,9-10,12-13,15-20H2,1-3H3/t23?,24?,25-,27-,30?/m1/s1. The fourth-order valence-corrected chi connectivity index (χ4v) is 9.53. The normalized spacial score (nSPS) is 28.4. The maximum atomic E-state index is 17.6. The maximum Gasteiger partial charge on any atom is 0.319 e. The number of aromatic nitrogens is 2. The van der Waals surface area contributed by atoms with Gasteiger partial charge >= 0.3 is 6.01 Å². The van der Waals surface area contributed by atoms with Gasteiger partial charge in [0.15, 0.2) is 5.82 Å². The number of benzene rings is 2. The summed E-state index contributed by atoms with van der Waals surface area (Å²) >= 11 is 0. The van der Waals surface area contributed by atoms with Crippen LogP contribution in [0.1, 0.15) is 98.9 Å². The van der Waals surface area contributed by atoms with E-state index in [2.05, 4.69) is 35.0 Å². The van der Waals surface area contributed by atoms with Crippen molar-refractivity contribution in [2.45, 2.75) is 102 Å². The summed E-state index contributed by atoms with van der Waals surface area (Å²) in [5.74, 6) is -0.440. The number of piperazine rings is 1. The quantitative estimate of drug-likeness (QED) is 0.264. The van der Waals surface area contributed by atoms with E-state index in [4.69, 9.17) is 19.4 Å². The number of rotatable bonds is 9. The SMILES string of the molecule is CCc1c(F)ccc2c1C(c1c(C(C)C)cc3c(N4CC5CCC(C4)N5)nc(OCC4(CN5C[C@H]6C[C@@H]5CO6)CC4)nc3c1F)CC(O)=C2. The maximum absolute atomic E-state index is 17.6. The minimum Gasteiger partial charge on any atom is -0.512 e. The third kappa shape index (κ3) is 5.49. The van der Waals surface area contributed by atoms with Crippen molar-refractivity contribution < 1.29 is 23.4 Å². The third-order valence-electron chi connectivity index (χ3n) is 12.2. The van der Waals surface area contributed by atoms with Gasteiger partial charge in [0.05, 0.1) is 25.1 Å². The van der Waals surface area contributed by atoms with E-state index < -0.39 is 11.7 Å². The number of hydrogen-bond donors (Lipinski definition) is 2.